The summed E-state index contributed by atoms with van der Waals surface area (Å²) in [6, 6.07) is 6.68. The number of azo groups is 1. The number of rotatable bonds is 15. The van der Waals surface area contributed by atoms with Gasteiger partial charge in [-0.25, -0.2) is 4.68 Å². The molecule has 0 spiro atoms. The summed E-state index contributed by atoms with van der Waals surface area (Å²) in [5, 5.41) is 24.4. The average Bonchev–Trinajstić information content (AvgIpc) is 3.38. The van der Waals surface area contributed by atoms with Crippen LogP contribution >= 0.6 is 58.0 Å². The highest BCUT2D eigenvalue weighted by molar-refractivity contribution is 7.86. The summed E-state index contributed by atoms with van der Waals surface area (Å²) in [5.74, 6) is -1.43. The Bertz CT molecular complexity index is 1880. The number of hydrogen-bond acceptors (Lipinski definition) is 10. The first-order valence-corrected chi connectivity index (χ1v) is 18.5. The summed E-state index contributed by atoms with van der Waals surface area (Å²) in [7, 11) is -8.31. The zero-order valence-electron chi connectivity index (χ0n) is 24.3. The van der Waals surface area contributed by atoms with Gasteiger partial charge in [-0.3, -0.25) is 13.9 Å². The molecule has 14 nitrogen and oxygen atoms in total. The molecule has 0 saturated heterocycles. The lowest BCUT2D eigenvalue weighted by molar-refractivity contribution is -0.114. The summed E-state index contributed by atoms with van der Waals surface area (Å²) >= 11 is 31.3. The van der Waals surface area contributed by atoms with Gasteiger partial charge >= 0.3 is 0 Å². The van der Waals surface area contributed by atoms with E-state index in [1.807, 2.05) is 11.0 Å². The number of carbonyl (C=O) groups is 1. The Labute approximate surface area is 295 Å². The molecule has 0 aliphatic rings. The van der Waals surface area contributed by atoms with Crippen LogP contribution in [0.3, 0.4) is 0 Å². The zero-order chi connectivity index (χ0) is 35.1. The third-order valence-electron chi connectivity index (χ3n) is 6.33. The second-order valence-electron chi connectivity index (χ2n) is 9.88. The molecule has 2 aromatic carbocycles. The molecule has 3 rings (SSSR count). The summed E-state index contributed by atoms with van der Waals surface area (Å²) < 4.78 is 63.8. The number of carbonyl (C=O) groups excluding carboxylic acids is 1. The number of nitrogens with zero attached hydrogens (tertiary/aromatic N) is 6. The second kappa shape index (κ2) is 16.6. The van der Waals surface area contributed by atoms with Gasteiger partial charge in [0.25, 0.3) is 20.2 Å². The van der Waals surface area contributed by atoms with Crippen LogP contribution in [0.5, 0.6) is 0 Å². The summed E-state index contributed by atoms with van der Waals surface area (Å²) in [5.41, 5.74) is 0.875. The van der Waals surface area contributed by atoms with Crippen LogP contribution in [-0.4, -0.2) is 66.2 Å². The van der Waals surface area contributed by atoms with E-state index in [1.54, 1.807) is 12.1 Å². The van der Waals surface area contributed by atoms with E-state index in [9.17, 15) is 26.9 Å². The van der Waals surface area contributed by atoms with Crippen molar-refractivity contribution in [1.82, 2.24) is 9.78 Å². The van der Waals surface area contributed by atoms with Crippen LogP contribution in [0.15, 0.2) is 34.6 Å². The van der Waals surface area contributed by atoms with E-state index >= 15 is 0 Å². The van der Waals surface area contributed by atoms with E-state index in [0.717, 1.165) is 4.68 Å². The number of aromatic nitrogens is 2. The first-order chi connectivity index (χ1) is 21.9. The molecule has 0 fully saturated rings. The molecule has 1 aromatic heterocycles. The molecule has 3 N–H and O–H groups in total. The molecule has 21 heteroatoms. The normalized spacial score (nSPS) is 12.0. The highest BCUT2D eigenvalue weighted by Gasteiger charge is 2.24. The van der Waals surface area contributed by atoms with Crippen molar-refractivity contribution >= 4 is 107 Å². The third-order valence-corrected chi connectivity index (χ3v) is 10.2. The van der Waals surface area contributed by atoms with Crippen LogP contribution in [0.2, 0.25) is 25.1 Å². The van der Waals surface area contributed by atoms with Crippen molar-refractivity contribution < 1.29 is 30.7 Å². The minimum atomic E-state index is -4.16. The molecule has 3 aromatic rings. The zero-order valence-corrected chi connectivity index (χ0v) is 29.7. The maximum atomic E-state index is 12.1. The summed E-state index contributed by atoms with van der Waals surface area (Å²) in [4.78, 5) is 13.9. The molecule has 1 amide bonds. The number of nitrogens with one attached hydrogen (secondary N) is 1. The van der Waals surface area contributed by atoms with E-state index in [4.69, 9.17) is 67.1 Å². The van der Waals surface area contributed by atoms with Crippen LogP contribution in [0.4, 0.5) is 22.9 Å². The number of amides is 1. The lowest BCUT2D eigenvalue weighted by Gasteiger charge is -2.26. The smallest absolute Gasteiger partial charge is 0.264 e. The molecule has 0 aliphatic carbocycles. The fourth-order valence-electron chi connectivity index (χ4n) is 4.20. The van der Waals surface area contributed by atoms with Gasteiger partial charge in [-0.1, -0.05) is 58.0 Å². The number of halogens is 5. The highest BCUT2D eigenvalue weighted by Crippen LogP contribution is 2.46. The quantitative estimate of drug-likeness (QED) is 0.0453. The van der Waals surface area contributed by atoms with Gasteiger partial charge in [-0.2, -0.15) is 27.2 Å². The number of hydrogen-bond donors (Lipinski definition) is 3. The van der Waals surface area contributed by atoms with Crippen LogP contribution < -0.4 is 10.2 Å². The Morgan fingerprint density at radius 3 is 1.94 bits per heavy atom. The summed E-state index contributed by atoms with van der Waals surface area (Å²) in [6.07, 6.45) is 2.19. The number of benzene rings is 2. The van der Waals surface area contributed by atoms with Crippen molar-refractivity contribution in [1.29, 1.82) is 5.26 Å². The van der Waals surface area contributed by atoms with Gasteiger partial charge in [0.15, 0.2) is 5.82 Å². The van der Waals surface area contributed by atoms with Crippen LogP contribution in [0, 0.1) is 11.3 Å². The standard InChI is InChI=1S/C26H26Cl5N7O7S2/c1-15(39)34-19-12-17(37(8-2-4-10-46(40,41)42)9-3-5-11-47(43,44)45)6-7-18(19)35-36-26-16(13-32)14-33-38(26)25-23(30)21(28)20(27)22(29)24(25)31/h6-7,12,14H,2-5,8-11H2,1H3,(H,34,39)(H,40,41,42)(H,43,44,45). The number of anilines is 2. The van der Waals surface area contributed by atoms with E-state index in [1.165, 1.54) is 19.2 Å². The Morgan fingerprint density at radius 1 is 0.915 bits per heavy atom. The van der Waals surface area contributed by atoms with E-state index < -0.39 is 37.6 Å². The molecular weight excluding hydrogens is 764 g/mol. The fourth-order valence-corrected chi connectivity index (χ4v) is 6.63. The van der Waals surface area contributed by atoms with Gasteiger partial charge < -0.3 is 10.2 Å². The molecule has 0 radical (unpaired) electrons. The molecule has 0 unspecified atom stereocenters. The maximum absolute atomic E-state index is 12.1. The first-order valence-electron chi connectivity index (χ1n) is 13.4. The Kier molecular flexibility index (Phi) is 13.7. The second-order valence-corrected chi connectivity index (χ2v) is 14.9. The molecule has 254 valence electrons. The molecular formula is C26H26Cl5N7O7S2. The molecule has 0 saturated carbocycles. The van der Waals surface area contributed by atoms with E-state index in [-0.39, 0.29) is 66.4 Å². The Morgan fingerprint density at radius 2 is 1.45 bits per heavy atom. The first kappa shape index (κ1) is 38.7. The van der Waals surface area contributed by atoms with Gasteiger partial charge in [-0.15, -0.1) is 10.2 Å². The van der Waals surface area contributed by atoms with Crippen molar-refractivity contribution in [2.45, 2.75) is 32.6 Å². The van der Waals surface area contributed by atoms with Crippen LogP contribution in [0.25, 0.3) is 5.69 Å². The lowest BCUT2D eigenvalue weighted by Crippen LogP contribution is -2.26. The van der Waals surface area contributed by atoms with Gasteiger partial charge in [0.2, 0.25) is 5.91 Å². The molecule has 47 heavy (non-hydrogen) atoms. The largest absolute Gasteiger partial charge is 0.371 e. The van der Waals surface area contributed by atoms with Gasteiger partial charge in [0.05, 0.1) is 48.5 Å². The molecule has 0 atom stereocenters. The van der Waals surface area contributed by atoms with Crippen LogP contribution in [0.1, 0.15) is 38.2 Å². The van der Waals surface area contributed by atoms with Gasteiger partial charge in [-0.05, 0) is 43.9 Å². The average molecular weight is 790 g/mol. The molecule has 0 bridgehead atoms. The van der Waals surface area contributed by atoms with Gasteiger partial charge in [0, 0.05) is 25.7 Å². The highest BCUT2D eigenvalue weighted by atomic mass is 35.5. The summed E-state index contributed by atoms with van der Waals surface area (Å²) in [6.45, 7) is 1.89. The lowest BCUT2D eigenvalue weighted by atomic mass is 10.2. The Balaban J connectivity index is 2.02. The van der Waals surface area contributed by atoms with Crippen LogP contribution in [-0.2, 0) is 25.0 Å². The van der Waals surface area contributed by atoms with Crippen molar-refractivity contribution in [2.75, 3.05) is 34.8 Å². The molecule has 0 aliphatic heterocycles. The number of nitriles is 1. The monoisotopic (exact) mass is 787 g/mol. The van der Waals surface area contributed by atoms with Crippen molar-refractivity contribution in [3.8, 4) is 11.8 Å². The van der Waals surface area contributed by atoms with E-state index in [0.29, 0.717) is 31.6 Å². The predicted octanol–water partition coefficient (Wildman–Crippen LogP) is 7.53. The topological polar surface area (TPSA) is 207 Å². The van der Waals surface area contributed by atoms with Crippen molar-refractivity contribution in [3.63, 3.8) is 0 Å². The van der Waals surface area contributed by atoms with E-state index in [2.05, 4.69) is 20.6 Å². The minimum absolute atomic E-state index is 0.0146. The molecule has 1 heterocycles. The third kappa shape index (κ3) is 10.9. The number of unbranched alkanes of at least 4 members (excludes halogenated alkanes) is 2. The Hall–Kier alpha value is -2.72. The van der Waals surface area contributed by atoms with Crippen molar-refractivity contribution in [2.24, 2.45) is 10.2 Å². The van der Waals surface area contributed by atoms with Crippen molar-refractivity contribution in [3.05, 3.63) is 55.1 Å². The maximum Gasteiger partial charge on any atom is 0.264 e. The SMILES string of the molecule is CC(=O)Nc1cc(N(CCCCS(=O)(=O)O)CCCCS(=O)(=O)O)ccc1N=Nc1c(C#N)cnn1-c1c(Cl)c(Cl)c(Cl)c(Cl)c1Cl. The fraction of sp³-hybridized carbons (Fsp3) is 0.346. The minimum Gasteiger partial charge on any atom is -0.371 e. The van der Waals surface area contributed by atoms with Gasteiger partial charge in [0.1, 0.15) is 23.0 Å². The predicted molar refractivity (Wildman–Crippen MR) is 182 cm³/mol.